The zero-order valence-electron chi connectivity index (χ0n) is 16.7. The summed E-state index contributed by atoms with van der Waals surface area (Å²) < 4.78 is 5.92. The second-order valence-corrected chi connectivity index (χ2v) is 6.70. The molecule has 2 aromatic carbocycles. The average Bonchev–Trinajstić information content (AvgIpc) is 2.69. The van der Waals surface area contributed by atoms with Crippen LogP contribution in [0.2, 0.25) is 0 Å². The normalized spacial score (nSPS) is 11.5. The largest absolute Gasteiger partial charge is 0.492 e. The van der Waals surface area contributed by atoms with Crippen molar-refractivity contribution >= 4 is 5.96 Å². The molecule has 2 aromatic rings. The zero-order chi connectivity index (χ0) is 19.3. The Kier molecular flexibility index (Phi) is 9.21. The summed E-state index contributed by atoms with van der Waals surface area (Å²) in [7, 11) is 5.89. The summed E-state index contributed by atoms with van der Waals surface area (Å²) in [6.07, 6.45) is 2.13. The molecular formula is C22H32N4O. The van der Waals surface area contributed by atoms with E-state index in [4.69, 9.17) is 4.74 Å². The van der Waals surface area contributed by atoms with E-state index in [1.54, 1.807) is 7.05 Å². The summed E-state index contributed by atoms with van der Waals surface area (Å²) in [6.45, 7) is 3.13. The van der Waals surface area contributed by atoms with Crippen LogP contribution in [0.4, 0.5) is 0 Å². The molecular weight excluding hydrogens is 336 g/mol. The SMILES string of the molecule is CN=C(NCCCc1ccccc1)NCc1ccccc1OCCN(C)C. The van der Waals surface area contributed by atoms with Crippen molar-refractivity contribution < 1.29 is 4.74 Å². The lowest BCUT2D eigenvalue weighted by molar-refractivity contribution is 0.259. The number of hydrogen-bond donors (Lipinski definition) is 2. The minimum Gasteiger partial charge on any atom is -0.492 e. The molecule has 0 aliphatic carbocycles. The Hall–Kier alpha value is -2.53. The van der Waals surface area contributed by atoms with E-state index < -0.39 is 0 Å². The van der Waals surface area contributed by atoms with E-state index in [1.807, 2.05) is 32.3 Å². The summed E-state index contributed by atoms with van der Waals surface area (Å²) in [6, 6.07) is 18.7. The van der Waals surface area contributed by atoms with E-state index in [-0.39, 0.29) is 0 Å². The number of guanidine groups is 1. The third kappa shape index (κ3) is 8.13. The summed E-state index contributed by atoms with van der Waals surface area (Å²) in [4.78, 5) is 6.42. The van der Waals surface area contributed by atoms with Gasteiger partial charge < -0.3 is 20.3 Å². The molecule has 0 unspecified atom stereocenters. The smallest absolute Gasteiger partial charge is 0.191 e. The van der Waals surface area contributed by atoms with Crippen LogP contribution < -0.4 is 15.4 Å². The van der Waals surface area contributed by atoms with Crippen LogP contribution in [-0.4, -0.2) is 51.7 Å². The van der Waals surface area contributed by atoms with Gasteiger partial charge in [-0.2, -0.15) is 0 Å². The number of para-hydroxylation sites is 1. The molecule has 27 heavy (non-hydrogen) atoms. The predicted octanol–water partition coefficient (Wildman–Crippen LogP) is 2.92. The summed E-state index contributed by atoms with van der Waals surface area (Å²) in [5.41, 5.74) is 2.49. The number of nitrogens with one attached hydrogen (secondary N) is 2. The molecule has 0 fully saturated rings. The molecule has 0 aliphatic heterocycles. The standard InChI is InChI=1S/C22H32N4O/c1-23-22(24-15-9-12-19-10-5-4-6-11-19)25-18-20-13-7-8-14-21(20)27-17-16-26(2)3/h4-8,10-11,13-14H,9,12,15-18H2,1-3H3,(H2,23,24,25). The number of benzene rings is 2. The zero-order valence-corrected chi connectivity index (χ0v) is 16.7. The Morgan fingerprint density at radius 1 is 1.00 bits per heavy atom. The van der Waals surface area contributed by atoms with Crippen LogP contribution in [0.1, 0.15) is 17.5 Å². The maximum absolute atomic E-state index is 5.92. The van der Waals surface area contributed by atoms with Crippen molar-refractivity contribution in [2.24, 2.45) is 4.99 Å². The topological polar surface area (TPSA) is 48.9 Å². The van der Waals surface area contributed by atoms with Gasteiger partial charge in [0.25, 0.3) is 0 Å². The van der Waals surface area contributed by atoms with Gasteiger partial charge in [0.05, 0.1) is 0 Å². The molecule has 0 bridgehead atoms. The van der Waals surface area contributed by atoms with E-state index >= 15 is 0 Å². The molecule has 0 aliphatic rings. The molecule has 5 nitrogen and oxygen atoms in total. The number of ether oxygens (including phenoxy) is 1. The van der Waals surface area contributed by atoms with Gasteiger partial charge in [0, 0.05) is 32.2 Å². The van der Waals surface area contributed by atoms with Gasteiger partial charge >= 0.3 is 0 Å². The van der Waals surface area contributed by atoms with Gasteiger partial charge in [-0.1, -0.05) is 48.5 Å². The number of likely N-dealkylation sites (N-methyl/N-ethyl adjacent to an activating group) is 1. The van der Waals surface area contributed by atoms with E-state index in [0.717, 1.165) is 43.2 Å². The molecule has 0 heterocycles. The van der Waals surface area contributed by atoms with Crippen LogP contribution in [-0.2, 0) is 13.0 Å². The van der Waals surface area contributed by atoms with E-state index in [2.05, 4.69) is 56.9 Å². The van der Waals surface area contributed by atoms with Gasteiger partial charge in [-0.3, -0.25) is 4.99 Å². The highest BCUT2D eigenvalue weighted by molar-refractivity contribution is 5.79. The van der Waals surface area contributed by atoms with Crippen molar-refractivity contribution in [3.63, 3.8) is 0 Å². The first-order valence-corrected chi connectivity index (χ1v) is 9.53. The number of hydrogen-bond acceptors (Lipinski definition) is 3. The molecule has 0 amide bonds. The second kappa shape index (κ2) is 12.0. The monoisotopic (exact) mass is 368 g/mol. The quantitative estimate of drug-likeness (QED) is 0.385. The minimum absolute atomic E-state index is 0.677. The lowest BCUT2D eigenvalue weighted by atomic mass is 10.1. The van der Waals surface area contributed by atoms with Crippen molar-refractivity contribution in [2.75, 3.05) is 40.8 Å². The number of nitrogens with zero attached hydrogens (tertiary/aromatic N) is 2. The molecule has 0 spiro atoms. The minimum atomic E-state index is 0.677. The summed E-state index contributed by atoms with van der Waals surface area (Å²) >= 11 is 0. The first kappa shape index (κ1) is 20.8. The van der Waals surface area contributed by atoms with Crippen LogP contribution in [0.3, 0.4) is 0 Å². The van der Waals surface area contributed by atoms with Gasteiger partial charge in [-0.15, -0.1) is 0 Å². The van der Waals surface area contributed by atoms with Crippen molar-refractivity contribution in [2.45, 2.75) is 19.4 Å². The molecule has 0 saturated heterocycles. The van der Waals surface area contributed by atoms with Crippen LogP contribution in [0.15, 0.2) is 59.6 Å². The lowest BCUT2D eigenvalue weighted by Crippen LogP contribution is -2.37. The lowest BCUT2D eigenvalue weighted by Gasteiger charge is -2.16. The van der Waals surface area contributed by atoms with Gasteiger partial charge in [0.15, 0.2) is 5.96 Å². The van der Waals surface area contributed by atoms with Crippen molar-refractivity contribution in [3.05, 3.63) is 65.7 Å². The number of aryl methyl sites for hydroxylation is 1. The molecule has 5 heteroatoms. The van der Waals surface area contributed by atoms with Crippen LogP contribution in [0, 0.1) is 0 Å². The highest BCUT2D eigenvalue weighted by Gasteiger charge is 2.05. The number of rotatable bonds is 10. The average molecular weight is 369 g/mol. The van der Waals surface area contributed by atoms with Gasteiger partial charge in [-0.25, -0.2) is 0 Å². The van der Waals surface area contributed by atoms with Gasteiger partial charge in [-0.05, 0) is 38.6 Å². The molecule has 2 N–H and O–H groups in total. The summed E-state index contributed by atoms with van der Waals surface area (Å²) in [5.74, 6) is 1.73. The van der Waals surface area contributed by atoms with Crippen LogP contribution in [0.5, 0.6) is 5.75 Å². The highest BCUT2D eigenvalue weighted by atomic mass is 16.5. The fourth-order valence-corrected chi connectivity index (χ4v) is 2.67. The van der Waals surface area contributed by atoms with Crippen LogP contribution in [0.25, 0.3) is 0 Å². The Balaban J connectivity index is 1.75. The molecule has 2 rings (SSSR count). The molecule has 0 radical (unpaired) electrons. The first-order valence-electron chi connectivity index (χ1n) is 9.53. The van der Waals surface area contributed by atoms with Crippen LogP contribution >= 0.6 is 0 Å². The molecule has 0 atom stereocenters. The molecule has 0 aromatic heterocycles. The maximum Gasteiger partial charge on any atom is 0.191 e. The molecule has 0 saturated carbocycles. The molecule has 146 valence electrons. The fourth-order valence-electron chi connectivity index (χ4n) is 2.67. The third-order valence-electron chi connectivity index (χ3n) is 4.22. The Morgan fingerprint density at radius 3 is 2.48 bits per heavy atom. The van der Waals surface area contributed by atoms with Crippen molar-refractivity contribution in [3.8, 4) is 5.75 Å². The van der Waals surface area contributed by atoms with E-state index in [0.29, 0.717) is 13.2 Å². The Morgan fingerprint density at radius 2 is 1.74 bits per heavy atom. The predicted molar refractivity (Wildman–Crippen MR) is 113 cm³/mol. The van der Waals surface area contributed by atoms with Gasteiger partial charge in [0.1, 0.15) is 12.4 Å². The Labute approximate surface area is 163 Å². The highest BCUT2D eigenvalue weighted by Crippen LogP contribution is 2.17. The van der Waals surface area contributed by atoms with Gasteiger partial charge in [0.2, 0.25) is 0 Å². The van der Waals surface area contributed by atoms with E-state index in [1.165, 1.54) is 5.56 Å². The third-order valence-corrected chi connectivity index (χ3v) is 4.22. The number of aliphatic imine (C=N–C) groups is 1. The fraction of sp³-hybridized carbons (Fsp3) is 0.409. The first-order chi connectivity index (χ1) is 13.2. The second-order valence-electron chi connectivity index (χ2n) is 6.70. The Bertz CT molecular complexity index is 686. The van der Waals surface area contributed by atoms with E-state index in [9.17, 15) is 0 Å². The maximum atomic E-state index is 5.92. The summed E-state index contributed by atoms with van der Waals surface area (Å²) in [5, 5.41) is 6.75. The van der Waals surface area contributed by atoms with Crippen molar-refractivity contribution in [1.82, 2.24) is 15.5 Å². The van der Waals surface area contributed by atoms with Crippen molar-refractivity contribution in [1.29, 1.82) is 0 Å².